The number of ether oxygens (including phenoxy) is 2. The zero-order valence-corrected chi connectivity index (χ0v) is 18.5. The Labute approximate surface area is 191 Å². The van der Waals surface area contributed by atoms with E-state index in [9.17, 15) is 4.39 Å². The first kappa shape index (κ1) is 21.1. The third-order valence-electron chi connectivity index (χ3n) is 5.97. The molecule has 4 heterocycles. The molecule has 8 nitrogen and oxygen atoms in total. The summed E-state index contributed by atoms with van der Waals surface area (Å²) in [7, 11) is 3.37. The number of methoxy groups -OCH3 is 2. The van der Waals surface area contributed by atoms with Gasteiger partial charge in [-0.1, -0.05) is 6.07 Å². The quantitative estimate of drug-likeness (QED) is 0.471. The molecule has 1 fully saturated rings. The number of pyridine rings is 1. The molecule has 0 saturated carbocycles. The molecule has 3 aromatic heterocycles. The second-order valence-corrected chi connectivity index (χ2v) is 7.89. The molecule has 170 valence electrons. The summed E-state index contributed by atoms with van der Waals surface area (Å²) in [4.78, 5) is 15.3. The monoisotopic (exact) mass is 448 g/mol. The highest BCUT2D eigenvalue weighted by molar-refractivity contribution is 5.70. The number of benzene rings is 1. The van der Waals surface area contributed by atoms with Gasteiger partial charge in [-0.25, -0.2) is 19.3 Å². The van der Waals surface area contributed by atoms with E-state index < -0.39 is 5.82 Å². The Kier molecular flexibility index (Phi) is 5.78. The van der Waals surface area contributed by atoms with Gasteiger partial charge in [0.05, 0.1) is 37.0 Å². The average molecular weight is 449 g/mol. The van der Waals surface area contributed by atoms with Gasteiger partial charge in [0, 0.05) is 32.1 Å². The fourth-order valence-electron chi connectivity index (χ4n) is 4.18. The molecule has 1 N–H and O–H groups in total. The van der Waals surface area contributed by atoms with Crippen LogP contribution in [-0.4, -0.2) is 52.8 Å². The molecular formula is C24H25FN6O2. The number of rotatable bonds is 6. The number of hydrogen-bond acceptors (Lipinski definition) is 7. The van der Waals surface area contributed by atoms with E-state index in [2.05, 4.69) is 25.2 Å². The first-order chi connectivity index (χ1) is 16.2. The molecule has 5 rings (SSSR count). The van der Waals surface area contributed by atoms with Crippen molar-refractivity contribution in [3.8, 4) is 17.1 Å². The minimum atomic E-state index is -0.520. The van der Waals surface area contributed by atoms with Gasteiger partial charge in [0.2, 0.25) is 5.95 Å². The van der Waals surface area contributed by atoms with Crippen LogP contribution in [0.1, 0.15) is 12.8 Å². The highest BCUT2D eigenvalue weighted by atomic mass is 19.1. The number of halogens is 1. The van der Waals surface area contributed by atoms with E-state index in [4.69, 9.17) is 9.47 Å². The summed E-state index contributed by atoms with van der Waals surface area (Å²) < 4.78 is 27.5. The molecule has 1 aromatic carbocycles. The molecule has 0 amide bonds. The maximum atomic E-state index is 14.7. The molecule has 0 unspecified atom stereocenters. The zero-order valence-electron chi connectivity index (χ0n) is 18.5. The number of nitrogens with zero attached hydrogens (tertiary/aromatic N) is 5. The van der Waals surface area contributed by atoms with Crippen molar-refractivity contribution in [3.05, 3.63) is 60.8 Å². The number of hydrogen-bond donors (Lipinski definition) is 1. The Morgan fingerprint density at radius 3 is 2.70 bits per heavy atom. The van der Waals surface area contributed by atoms with Gasteiger partial charge >= 0.3 is 0 Å². The summed E-state index contributed by atoms with van der Waals surface area (Å²) in [5.74, 6) is 0.397. The van der Waals surface area contributed by atoms with Crippen molar-refractivity contribution in [3.63, 3.8) is 0 Å². The van der Waals surface area contributed by atoms with E-state index in [0.717, 1.165) is 31.6 Å². The zero-order chi connectivity index (χ0) is 22.8. The van der Waals surface area contributed by atoms with E-state index in [-0.39, 0.29) is 11.6 Å². The number of imidazole rings is 1. The number of fused-ring (bicyclic) bond motifs is 1. The molecule has 0 aliphatic carbocycles. The van der Waals surface area contributed by atoms with Crippen LogP contribution in [0, 0.1) is 5.82 Å². The highest BCUT2D eigenvalue weighted by Crippen LogP contribution is 2.33. The van der Waals surface area contributed by atoms with E-state index in [1.165, 1.54) is 6.20 Å². The minimum absolute atomic E-state index is 0.169. The number of anilines is 3. The molecule has 1 saturated heterocycles. The van der Waals surface area contributed by atoms with Crippen LogP contribution in [0.25, 0.3) is 17.0 Å². The smallest absolute Gasteiger partial charge is 0.228 e. The predicted molar refractivity (Wildman–Crippen MR) is 125 cm³/mol. The Morgan fingerprint density at radius 2 is 1.91 bits per heavy atom. The van der Waals surface area contributed by atoms with Crippen molar-refractivity contribution >= 4 is 23.0 Å². The third-order valence-corrected chi connectivity index (χ3v) is 5.97. The molecule has 0 bridgehead atoms. The lowest BCUT2D eigenvalue weighted by Gasteiger charge is -2.33. The van der Waals surface area contributed by atoms with Crippen LogP contribution in [0.3, 0.4) is 0 Å². The summed E-state index contributed by atoms with van der Waals surface area (Å²) in [6.07, 6.45) is 6.87. The summed E-state index contributed by atoms with van der Waals surface area (Å²) in [6.45, 7) is 1.82. The van der Waals surface area contributed by atoms with Gasteiger partial charge in [-0.05, 0) is 43.2 Å². The molecule has 33 heavy (non-hydrogen) atoms. The van der Waals surface area contributed by atoms with Gasteiger partial charge in [0.1, 0.15) is 17.1 Å². The molecule has 4 aromatic rings. The largest absolute Gasteiger partial charge is 0.495 e. The Balaban J connectivity index is 1.45. The first-order valence-corrected chi connectivity index (χ1v) is 10.8. The maximum absolute atomic E-state index is 14.7. The summed E-state index contributed by atoms with van der Waals surface area (Å²) in [6, 6.07) is 11.6. The Morgan fingerprint density at radius 1 is 1.06 bits per heavy atom. The number of nitrogens with one attached hydrogen (secondary N) is 1. The predicted octanol–water partition coefficient (Wildman–Crippen LogP) is 4.30. The molecule has 0 spiro atoms. The van der Waals surface area contributed by atoms with Crippen LogP contribution >= 0.6 is 0 Å². The van der Waals surface area contributed by atoms with Crippen LogP contribution in [-0.2, 0) is 4.74 Å². The minimum Gasteiger partial charge on any atom is -0.495 e. The Bertz CT molecular complexity index is 1270. The van der Waals surface area contributed by atoms with Gasteiger partial charge in [-0.2, -0.15) is 0 Å². The third kappa shape index (κ3) is 4.19. The van der Waals surface area contributed by atoms with Gasteiger partial charge < -0.3 is 19.7 Å². The summed E-state index contributed by atoms with van der Waals surface area (Å²) in [5, 5.41) is 3.21. The van der Waals surface area contributed by atoms with E-state index in [1.807, 2.05) is 42.6 Å². The maximum Gasteiger partial charge on any atom is 0.228 e. The van der Waals surface area contributed by atoms with Gasteiger partial charge in [-0.15, -0.1) is 0 Å². The first-order valence-electron chi connectivity index (χ1n) is 10.8. The normalized spacial score (nSPS) is 14.6. The molecule has 1 aliphatic heterocycles. The average Bonchev–Trinajstić information content (AvgIpc) is 3.29. The number of aromatic nitrogens is 4. The lowest BCUT2D eigenvalue weighted by atomic mass is 10.1. The van der Waals surface area contributed by atoms with E-state index >= 15 is 0 Å². The van der Waals surface area contributed by atoms with Crippen LogP contribution in [0.2, 0.25) is 0 Å². The summed E-state index contributed by atoms with van der Waals surface area (Å²) in [5.41, 5.74) is 3.21. The van der Waals surface area contributed by atoms with Gasteiger partial charge in [-0.3, -0.25) is 4.40 Å². The van der Waals surface area contributed by atoms with Crippen molar-refractivity contribution in [1.29, 1.82) is 0 Å². The molecule has 1 aliphatic rings. The van der Waals surface area contributed by atoms with Gasteiger partial charge in [0.15, 0.2) is 5.82 Å². The molecule has 0 radical (unpaired) electrons. The lowest BCUT2D eigenvalue weighted by molar-refractivity contribution is 0.0819. The highest BCUT2D eigenvalue weighted by Gasteiger charge is 2.20. The lowest BCUT2D eigenvalue weighted by Crippen LogP contribution is -2.36. The van der Waals surface area contributed by atoms with Crippen molar-refractivity contribution in [2.24, 2.45) is 0 Å². The van der Waals surface area contributed by atoms with Crippen LogP contribution in [0.4, 0.5) is 21.7 Å². The van der Waals surface area contributed by atoms with Crippen LogP contribution in [0.15, 0.2) is 55.0 Å². The van der Waals surface area contributed by atoms with Crippen molar-refractivity contribution < 1.29 is 13.9 Å². The fraction of sp³-hybridized carbons (Fsp3) is 0.292. The van der Waals surface area contributed by atoms with E-state index in [0.29, 0.717) is 28.9 Å². The SMILES string of the molecule is COc1ccc(N2CCC(OC)CC2)cc1Nc1ncc(F)c(-c2cnc3ccccn23)n1. The summed E-state index contributed by atoms with van der Waals surface area (Å²) >= 11 is 0. The molecule has 0 atom stereocenters. The second-order valence-electron chi connectivity index (χ2n) is 7.89. The van der Waals surface area contributed by atoms with Crippen LogP contribution in [0.5, 0.6) is 5.75 Å². The van der Waals surface area contributed by atoms with E-state index in [1.54, 1.807) is 24.8 Å². The standard InChI is InChI=1S/C24H25FN6O2/c1-32-17-8-11-30(12-9-17)16-6-7-21(33-2)19(13-16)28-24-27-14-18(25)23(29-24)20-15-26-22-5-3-4-10-31(20)22/h3-7,10,13-15,17H,8-9,11-12H2,1-2H3,(H,27,28,29). The van der Waals surface area contributed by atoms with Crippen molar-refractivity contribution in [2.45, 2.75) is 18.9 Å². The number of piperidine rings is 1. The molecule has 9 heteroatoms. The van der Waals surface area contributed by atoms with Crippen LogP contribution < -0.4 is 15.0 Å². The Hall–Kier alpha value is -3.72. The second kappa shape index (κ2) is 9.03. The van der Waals surface area contributed by atoms with Crippen molar-refractivity contribution in [1.82, 2.24) is 19.4 Å². The fourth-order valence-corrected chi connectivity index (χ4v) is 4.18. The molecular weight excluding hydrogens is 423 g/mol. The van der Waals surface area contributed by atoms with Gasteiger partial charge in [0.25, 0.3) is 0 Å². The topological polar surface area (TPSA) is 76.8 Å². The van der Waals surface area contributed by atoms with Crippen molar-refractivity contribution in [2.75, 3.05) is 37.5 Å².